The third kappa shape index (κ3) is 3.18. The van der Waals surface area contributed by atoms with E-state index in [0.29, 0.717) is 0 Å². The van der Waals surface area contributed by atoms with Crippen LogP contribution in [0.1, 0.15) is 6.92 Å². The highest BCUT2D eigenvalue weighted by Gasteiger charge is 2.15. The third-order valence-electron chi connectivity index (χ3n) is 1.75. The van der Waals surface area contributed by atoms with Gasteiger partial charge in [-0.2, -0.15) is 0 Å². The number of sulfonamides is 1. The molecule has 90 valence electrons. The first kappa shape index (κ1) is 13.4. The minimum atomic E-state index is -3.82. The van der Waals surface area contributed by atoms with Gasteiger partial charge in [-0.15, -0.1) is 0 Å². The summed E-state index contributed by atoms with van der Waals surface area (Å²) in [5.74, 6) is 0. The molecule has 1 aromatic carbocycles. The first-order valence-corrected chi connectivity index (χ1v) is 8.11. The molecule has 0 aromatic heterocycles. The fourth-order valence-corrected chi connectivity index (χ4v) is 2.87. The predicted molar refractivity (Wildman–Crippen MR) is 60.3 cm³/mol. The maximum atomic E-state index is 11.5. The van der Waals surface area contributed by atoms with E-state index in [9.17, 15) is 16.8 Å². The monoisotopic (exact) mass is 283 g/mol. The van der Waals surface area contributed by atoms with Crippen molar-refractivity contribution in [2.45, 2.75) is 16.7 Å². The summed E-state index contributed by atoms with van der Waals surface area (Å²) in [6, 6.07) is 4.67. The predicted octanol–water partition coefficient (Wildman–Crippen LogP) is 0.912. The van der Waals surface area contributed by atoms with Gasteiger partial charge in [-0.05, 0) is 24.3 Å². The summed E-state index contributed by atoms with van der Waals surface area (Å²) in [5.41, 5.74) is 0. The molecule has 1 rings (SSSR count). The molecule has 5 nitrogen and oxygen atoms in total. The van der Waals surface area contributed by atoms with Crippen molar-refractivity contribution in [2.24, 2.45) is 0 Å². The molecular weight excluding hydrogens is 274 g/mol. The summed E-state index contributed by atoms with van der Waals surface area (Å²) < 4.78 is 47.1. The minimum Gasteiger partial charge on any atom is -0.211 e. The Hall–Kier alpha value is -0.630. The van der Waals surface area contributed by atoms with Crippen molar-refractivity contribution in [2.75, 3.05) is 6.54 Å². The van der Waals surface area contributed by atoms with Crippen LogP contribution in [0.15, 0.2) is 34.1 Å². The van der Waals surface area contributed by atoms with Gasteiger partial charge in [-0.1, -0.05) is 6.92 Å². The Morgan fingerprint density at radius 1 is 1.06 bits per heavy atom. The molecule has 0 atom stereocenters. The second-order valence-corrected chi connectivity index (χ2v) is 7.24. The lowest BCUT2D eigenvalue weighted by molar-refractivity contribution is 0.583. The molecule has 0 aliphatic carbocycles. The first-order valence-electron chi connectivity index (χ1n) is 4.32. The lowest BCUT2D eigenvalue weighted by Gasteiger charge is -2.04. The summed E-state index contributed by atoms with van der Waals surface area (Å²) in [4.78, 5) is -0.136. The van der Waals surface area contributed by atoms with E-state index in [2.05, 4.69) is 4.72 Å². The smallest absolute Gasteiger partial charge is 0.211 e. The van der Waals surface area contributed by atoms with Gasteiger partial charge in [0, 0.05) is 17.2 Å². The van der Waals surface area contributed by atoms with Gasteiger partial charge in [0.25, 0.3) is 9.05 Å². The highest BCUT2D eigenvalue weighted by atomic mass is 35.7. The van der Waals surface area contributed by atoms with Gasteiger partial charge in [-0.3, -0.25) is 0 Å². The van der Waals surface area contributed by atoms with Crippen LogP contribution < -0.4 is 4.72 Å². The molecule has 1 N–H and O–H groups in total. The van der Waals surface area contributed by atoms with Gasteiger partial charge in [-0.25, -0.2) is 21.6 Å². The number of benzene rings is 1. The lowest BCUT2D eigenvalue weighted by atomic mass is 10.4. The molecule has 1 aromatic rings. The summed E-state index contributed by atoms with van der Waals surface area (Å²) in [6.07, 6.45) is 0. The minimum absolute atomic E-state index is 0.00147. The van der Waals surface area contributed by atoms with Gasteiger partial charge in [0.2, 0.25) is 10.0 Å². The Kier molecular flexibility index (Phi) is 3.95. The van der Waals surface area contributed by atoms with E-state index in [1.165, 1.54) is 12.1 Å². The first-order chi connectivity index (χ1) is 7.27. The molecule has 0 radical (unpaired) electrons. The second kappa shape index (κ2) is 4.70. The van der Waals surface area contributed by atoms with Crippen LogP contribution in [0.2, 0.25) is 0 Å². The molecule has 0 bridgehead atoms. The number of nitrogens with one attached hydrogen (secondary N) is 1. The zero-order valence-corrected chi connectivity index (χ0v) is 10.7. The van der Waals surface area contributed by atoms with Crippen LogP contribution in [0.4, 0.5) is 0 Å². The Morgan fingerprint density at radius 2 is 1.50 bits per heavy atom. The average Bonchev–Trinajstić information content (AvgIpc) is 2.16. The van der Waals surface area contributed by atoms with Crippen LogP contribution in [0, 0.1) is 0 Å². The molecule has 0 amide bonds. The van der Waals surface area contributed by atoms with Crippen molar-refractivity contribution in [3.63, 3.8) is 0 Å². The quantitative estimate of drug-likeness (QED) is 0.833. The van der Waals surface area contributed by atoms with Crippen molar-refractivity contribution in [1.82, 2.24) is 4.72 Å². The molecular formula is C8H10ClNO4S2. The van der Waals surface area contributed by atoms with E-state index in [0.717, 1.165) is 12.1 Å². The van der Waals surface area contributed by atoms with Crippen LogP contribution >= 0.6 is 10.7 Å². The van der Waals surface area contributed by atoms with Gasteiger partial charge in [0.15, 0.2) is 0 Å². The van der Waals surface area contributed by atoms with Crippen LogP contribution in [0.5, 0.6) is 0 Å². The molecule has 16 heavy (non-hydrogen) atoms. The third-order valence-corrected chi connectivity index (χ3v) is 4.68. The Bertz CT molecular complexity index is 563. The van der Waals surface area contributed by atoms with E-state index in [4.69, 9.17) is 10.7 Å². The van der Waals surface area contributed by atoms with Crippen molar-refractivity contribution < 1.29 is 16.8 Å². The Labute approximate surface area is 98.9 Å². The number of rotatable bonds is 4. The van der Waals surface area contributed by atoms with Gasteiger partial charge >= 0.3 is 0 Å². The maximum absolute atomic E-state index is 11.5. The largest absolute Gasteiger partial charge is 0.261 e. The molecule has 0 heterocycles. The normalized spacial score (nSPS) is 12.6. The fraction of sp³-hybridized carbons (Fsp3) is 0.250. The molecule has 0 fully saturated rings. The zero-order chi connectivity index (χ0) is 12.4. The van der Waals surface area contributed by atoms with Gasteiger partial charge < -0.3 is 0 Å². The molecule has 0 saturated carbocycles. The zero-order valence-electron chi connectivity index (χ0n) is 8.34. The number of hydrogen-bond donors (Lipinski definition) is 1. The highest BCUT2D eigenvalue weighted by molar-refractivity contribution is 8.13. The van der Waals surface area contributed by atoms with Crippen LogP contribution in [0.25, 0.3) is 0 Å². The van der Waals surface area contributed by atoms with Crippen molar-refractivity contribution in [1.29, 1.82) is 0 Å². The summed E-state index contributed by atoms with van der Waals surface area (Å²) in [6.45, 7) is 1.91. The molecule has 8 heteroatoms. The van der Waals surface area contributed by atoms with E-state index in [1.807, 2.05) is 0 Å². The standard InChI is InChI=1S/C8H10ClNO4S2/c1-2-10-16(13,14)8-5-3-7(4-6-8)15(9,11)12/h3-6,10H,2H2,1H3. The van der Waals surface area contributed by atoms with E-state index >= 15 is 0 Å². The second-order valence-electron chi connectivity index (χ2n) is 2.91. The molecule has 0 spiro atoms. The topological polar surface area (TPSA) is 80.3 Å². The summed E-state index contributed by atoms with van der Waals surface area (Å²) >= 11 is 0. The Morgan fingerprint density at radius 3 is 1.88 bits per heavy atom. The van der Waals surface area contributed by atoms with Gasteiger partial charge in [0.1, 0.15) is 0 Å². The average molecular weight is 284 g/mol. The maximum Gasteiger partial charge on any atom is 0.261 e. The lowest BCUT2D eigenvalue weighted by Crippen LogP contribution is -2.23. The number of hydrogen-bond acceptors (Lipinski definition) is 4. The fourth-order valence-electron chi connectivity index (χ4n) is 1.05. The SMILES string of the molecule is CCNS(=O)(=O)c1ccc(S(=O)(=O)Cl)cc1. The molecule has 0 saturated heterocycles. The van der Waals surface area contributed by atoms with Crippen LogP contribution in [-0.2, 0) is 19.1 Å². The van der Waals surface area contributed by atoms with Crippen LogP contribution in [-0.4, -0.2) is 23.4 Å². The Balaban J connectivity index is 3.15. The van der Waals surface area contributed by atoms with Gasteiger partial charge in [0.05, 0.1) is 9.79 Å². The summed E-state index contributed by atoms with van der Waals surface area (Å²) in [5, 5.41) is 0. The highest BCUT2D eigenvalue weighted by Crippen LogP contribution is 2.17. The van der Waals surface area contributed by atoms with E-state index in [1.54, 1.807) is 6.92 Å². The molecule has 0 aliphatic rings. The van der Waals surface area contributed by atoms with E-state index < -0.39 is 19.1 Å². The molecule has 0 unspecified atom stereocenters. The number of halogens is 1. The summed E-state index contributed by atoms with van der Waals surface area (Å²) in [7, 11) is -2.29. The van der Waals surface area contributed by atoms with Crippen LogP contribution in [0.3, 0.4) is 0 Å². The van der Waals surface area contributed by atoms with Crippen molar-refractivity contribution in [3.05, 3.63) is 24.3 Å². The van der Waals surface area contributed by atoms with Crippen molar-refractivity contribution in [3.8, 4) is 0 Å². The van der Waals surface area contributed by atoms with Crippen molar-refractivity contribution >= 4 is 29.8 Å². The molecule has 0 aliphatic heterocycles. The van der Waals surface area contributed by atoms with E-state index in [-0.39, 0.29) is 16.3 Å².